The number of nitrogens with zero attached hydrogens (tertiary/aromatic N) is 2. The number of pyridine rings is 1. The number of amides is 1. The van der Waals surface area contributed by atoms with Crippen LogP contribution in [0.5, 0.6) is 5.75 Å². The molecule has 0 radical (unpaired) electrons. The number of carbonyl (C=O) groups excluding carboxylic acids is 1. The fourth-order valence-corrected chi connectivity index (χ4v) is 3.95. The molecule has 5 heteroatoms. The highest BCUT2D eigenvalue weighted by Crippen LogP contribution is 2.38. The fourth-order valence-electron chi connectivity index (χ4n) is 3.95. The molecule has 1 aromatic carbocycles. The van der Waals surface area contributed by atoms with Gasteiger partial charge in [0.05, 0.1) is 12.6 Å². The average Bonchev–Trinajstić information content (AvgIpc) is 3.10. The summed E-state index contributed by atoms with van der Waals surface area (Å²) in [5.74, 6) is 1.06. The Morgan fingerprint density at radius 1 is 1.27 bits per heavy atom. The second kappa shape index (κ2) is 7.46. The minimum absolute atomic E-state index is 0.0000851. The van der Waals surface area contributed by atoms with Crippen LogP contribution in [-0.2, 0) is 11.2 Å². The van der Waals surface area contributed by atoms with Crippen molar-refractivity contribution in [1.29, 1.82) is 0 Å². The summed E-state index contributed by atoms with van der Waals surface area (Å²) < 4.78 is 6.21. The van der Waals surface area contributed by atoms with E-state index < -0.39 is 0 Å². The number of hydrogen-bond donors (Lipinski definition) is 1. The van der Waals surface area contributed by atoms with Crippen molar-refractivity contribution in [3.05, 3.63) is 48.3 Å². The zero-order valence-electron chi connectivity index (χ0n) is 15.1. The number of likely N-dealkylation sites (tertiary alicyclic amines) is 1. The molecule has 4 rings (SSSR count). The molecule has 0 unspecified atom stereocenters. The van der Waals surface area contributed by atoms with Crippen LogP contribution >= 0.6 is 0 Å². The molecule has 1 fully saturated rings. The van der Waals surface area contributed by atoms with Gasteiger partial charge in [-0.3, -0.25) is 14.7 Å². The second-order valence-corrected chi connectivity index (χ2v) is 7.21. The van der Waals surface area contributed by atoms with E-state index in [-0.39, 0.29) is 18.1 Å². The maximum atomic E-state index is 12.5. The Bertz CT molecular complexity index is 778. The molecule has 0 aliphatic carbocycles. The van der Waals surface area contributed by atoms with Crippen LogP contribution in [0.15, 0.2) is 42.7 Å². The van der Waals surface area contributed by atoms with Gasteiger partial charge in [0.25, 0.3) is 0 Å². The third-order valence-corrected chi connectivity index (χ3v) is 5.40. The van der Waals surface area contributed by atoms with E-state index in [1.807, 2.05) is 19.2 Å². The SMILES string of the molecule is CN1CCCC[C@H]1C(=O)NC[C@@H]1Cc2cccc(-c3ccncc3)c2O1. The van der Waals surface area contributed by atoms with Gasteiger partial charge in [-0.15, -0.1) is 0 Å². The summed E-state index contributed by atoms with van der Waals surface area (Å²) in [6.45, 7) is 1.55. The number of rotatable bonds is 4. The smallest absolute Gasteiger partial charge is 0.237 e. The standard InChI is InChI=1S/C21H25N3O2/c1-24-12-3-2-7-19(24)21(25)23-14-17-13-16-5-4-6-18(20(16)26-17)15-8-10-22-11-9-15/h4-6,8-11,17,19H,2-3,7,12-14H2,1H3,(H,23,25)/t17-,19-/m0/s1. The highest BCUT2D eigenvalue weighted by Gasteiger charge is 2.29. The summed E-state index contributed by atoms with van der Waals surface area (Å²) in [6.07, 6.45) is 7.66. The monoisotopic (exact) mass is 351 g/mol. The lowest BCUT2D eigenvalue weighted by molar-refractivity contribution is -0.127. The van der Waals surface area contributed by atoms with Gasteiger partial charge >= 0.3 is 0 Å². The van der Waals surface area contributed by atoms with Gasteiger partial charge in [-0.2, -0.15) is 0 Å². The first-order valence-electron chi connectivity index (χ1n) is 9.39. The van der Waals surface area contributed by atoms with E-state index in [1.165, 1.54) is 12.0 Å². The molecule has 3 heterocycles. The summed E-state index contributed by atoms with van der Waals surface area (Å²) >= 11 is 0. The van der Waals surface area contributed by atoms with Gasteiger partial charge in [-0.25, -0.2) is 0 Å². The summed E-state index contributed by atoms with van der Waals surface area (Å²) in [5.41, 5.74) is 3.39. The number of hydrogen-bond acceptors (Lipinski definition) is 4. The highest BCUT2D eigenvalue weighted by molar-refractivity contribution is 5.81. The van der Waals surface area contributed by atoms with E-state index in [0.29, 0.717) is 6.54 Å². The Kier molecular flexibility index (Phi) is 4.89. The number of likely N-dealkylation sites (N-methyl/N-ethyl adjacent to an activating group) is 1. The van der Waals surface area contributed by atoms with Crippen LogP contribution in [0.25, 0.3) is 11.1 Å². The summed E-state index contributed by atoms with van der Waals surface area (Å²) in [5, 5.41) is 3.10. The number of piperidine rings is 1. The Hall–Kier alpha value is -2.40. The van der Waals surface area contributed by atoms with Gasteiger partial charge in [-0.1, -0.05) is 24.6 Å². The van der Waals surface area contributed by atoms with E-state index in [9.17, 15) is 4.79 Å². The summed E-state index contributed by atoms with van der Waals surface area (Å²) in [7, 11) is 2.03. The first-order valence-corrected chi connectivity index (χ1v) is 9.39. The molecule has 1 aromatic heterocycles. The molecule has 0 spiro atoms. The summed E-state index contributed by atoms with van der Waals surface area (Å²) in [6, 6.07) is 10.2. The van der Waals surface area contributed by atoms with Gasteiger partial charge < -0.3 is 10.1 Å². The molecule has 2 aromatic rings. The first kappa shape index (κ1) is 17.0. The Morgan fingerprint density at radius 3 is 2.92 bits per heavy atom. The first-order chi connectivity index (χ1) is 12.7. The lowest BCUT2D eigenvalue weighted by atomic mass is 10.0. The molecule has 2 aliphatic rings. The van der Waals surface area contributed by atoms with Crippen molar-refractivity contribution in [3.63, 3.8) is 0 Å². The zero-order chi connectivity index (χ0) is 17.9. The van der Waals surface area contributed by atoms with Gasteiger partial charge in [0.2, 0.25) is 5.91 Å². The van der Waals surface area contributed by atoms with Crippen molar-refractivity contribution >= 4 is 5.91 Å². The lowest BCUT2D eigenvalue weighted by Gasteiger charge is -2.31. The predicted octanol–water partition coefficient (Wildman–Crippen LogP) is 2.65. The third kappa shape index (κ3) is 3.44. The molecular formula is C21H25N3O2. The van der Waals surface area contributed by atoms with E-state index >= 15 is 0 Å². The van der Waals surface area contributed by atoms with E-state index in [4.69, 9.17) is 4.74 Å². The van der Waals surface area contributed by atoms with Crippen molar-refractivity contribution in [3.8, 4) is 16.9 Å². The number of para-hydroxylation sites is 1. The largest absolute Gasteiger partial charge is 0.487 e. The van der Waals surface area contributed by atoms with E-state index in [0.717, 1.165) is 42.7 Å². The molecule has 136 valence electrons. The van der Waals surface area contributed by atoms with Gasteiger partial charge in [0.1, 0.15) is 11.9 Å². The van der Waals surface area contributed by atoms with Crippen molar-refractivity contribution in [2.45, 2.75) is 37.8 Å². The number of nitrogens with one attached hydrogen (secondary N) is 1. The van der Waals surface area contributed by atoms with Crippen LogP contribution in [0.1, 0.15) is 24.8 Å². The van der Waals surface area contributed by atoms with Crippen LogP contribution in [0, 0.1) is 0 Å². The molecule has 1 saturated heterocycles. The van der Waals surface area contributed by atoms with Crippen LogP contribution in [0.4, 0.5) is 0 Å². The van der Waals surface area contributed by atoms with Crippen molar-refractivity contribution in [2.75, 3.05) is 20.1 Å². The zero-order valence-corrected chi connectivity index (χ0v) is 15.1. The van der Waals surface area contributed by atoms with Gasteiger partial charge in [-0.05, 0) is 49.7 Å². The minimum atomic E-state index is -0.00849. The fraction of sp³-hybridized carbons (Fsp3) is 0.429. The van der Waals surface area contributed by atoms with E-state index in [1.54, 1.807) is 12.4 Å². The van der Waals surface area contributed by atoms with Gasteiger partial charge in [0.15, 0.2) is 0 Å². The maximum Gasteiger partial charge on any atom is 0.237 e. The number of aromatic nitrogens is 1. The Morgan fingerprint density at radius 2 is 2.12 bits per heavy atom. The Balaban J connectivity index is 1.41. The number of carbonyl (C=O) groups is 1. The lowest BCUT2D eigenvalue weighted by Crippen LogP contribution is -2.49. The van der Waals surface area contributed by atoms with Crippen LogP contribution in [0.2, 0.25) is 0 Å². The van der Waals surface area contributed by atoms with Crippen LogP contribution < -0.4 is 10.1 Å². The highest BCUT2D eigenvalue weighted by atomic mass is 16.5. The molecule has 5 nitrogen and oxygen atoms in total. The molecule has 2 atom stereocenters. The van der Waals surface area contributed by atoms with Crippen LogP contribution in [-0.4, -0.2) is 48.1 Å². The van der Waals surface area contributed by atoms with Crippen molar-refractivity contribution in [1.82, 2.24) is 15.2 Å². The Labute approximate surface area is 154 Å². The number of ether oxygens (including phenoxy) is 1. The van der Waals surface area contributed by atoms with Crippen molar-refractivity contribution in [2.24, 2.45) is 0 Å². The van der Waals surface area contributed by atoms with Crippen molar-refractivity contribution < 1.29 is 9.53 Å². The molecular weight excluding hydrogens is 326 g/mol. The van der Waals surface area contributed by atoms with Gasteiger partial charge in [0, 0.05) is 24.4 Å². The molecule has 0 saturated carbocycles. The number of fused-ring (bicyclic) bond motifs is 1. The average molecular weight is 351 g/mol. The molecule has 1 amide bonds. The molecule has 0 bridgehead atoms. The molecule has 26 heavy (non-hydrogen) atoms. The van der Waals surface area contributed by atoms with E-state index in [2.05, 4.69) is 33.4 Å². The number of benzene rings is 1. The third-order valence-electron chi connectivity index (χ3n) is 5.40. The maximum absolute atomic E-state index is 12.5. The molecule has 1 N–H and O–H groups in total. The second-order valence-electron chi connectivity index (χ2n) is 7.21. The minimum Gasteiger partial charge on any atom is -0.487 e. The van der Waals surface area contributed by atoms with Crippen LogP contribution in [0.3, 0.4) is 0 Å². The topological polar surface area (TPSA) is 54.5 Å². The quantitative estimate of drug-likeness (QED) is 0.920. The normalized spacial score (nSPS) is 22.5. The predicted molar refractivity (Wildman–Crippen MR) is 101 cm³/mol. The summed E-state index contributed by atoms with van der Waals surface area (Å²) in [4.78, 5) is 18.8. The molecule has 2 aliphatic heterocycles.